The number of likely N-dealkylation sites (N-methyl/N-ethyl adjacent to an activating group) is 1. The number of nitrogens with zero attached hydrogens (tertiary/aromatic N) is 1. The third kappa shape index (κ3) is 2.32. The van der Waals surface area contributed by atoms with Gasteiger partial charge in [-0.2, -0.15) is 0 Å². The molecule has 1 aliphatic rings. The van der Waals surface area contributed by atoms with Crippen LogP contribution in [0.5, 0.6) is 0 Å². The van der Waals surface area contributed by atoms with Crippen LogP contribution >= 0.6 is 0 Å². The van der Waals surface area contributed by atoms with E-state index in [2.05, 4.69) is 30.6 Å². The number of nitrogens with one attached hydrogen (secondary N) is 1. The van der Waals surface area contributed by atoms with Crippen LogP contribution in [0.3, 0.4) is 0 Å². The average molecular weight is 168 g/mol. The van der Waals surface area contributed by atoms with E-state index in [0.29, 0.717) is 12.1 Å². The van der Waals surface area contributed by atoms with Crippen molar-refractivity contribution in [2.45, 2.75) is 32.4 Å². The molecule has 1 N–H and O–H groups in total. The molecule has 1 fully saturated rings. The SMILES string of the molecule is C=CC(C)N1CCC(NCC)C1. The molecule has 2 unspecified atom stereocenters. The van der Waals surface area contributed by atoms with E-state index in [1.807, 2.05) is 6.08 Å². The fourth-order valence-corrected chi connectivity index (χ4v) is 1.76. The van der Waals surface area contributed by atoms with Crippen molar-refractivity contribution in [1.29, 1.82) is 0 Å². The second-order valence-electron chi connectivity index (χ2n) is 3.51. The maximum atomic E-state index is 3.81. The summed E-state index contributed by atoms with van der Waals surface area (Å²) in [6, 6.07) is 1.24. The monoisotopic (exact) mass is 168 g/mol. The van der Waals surface area contributed by atoms with Crippen molar-refractivity contribution in [2.24, 2.45) is 0 Å². The van der Waals surface area contributed by atoms with E-state index in [1.54, 1.807) is 0 Å². The average Bonchev–Trinajstić information content (AvgIpc) is 2.52. The predicted octanol–water partition coefficient (Wildman–Crippen LogP) is 1.24. The molecule has 2 nitrogen and oxygen atoms in total. The quantitative estimate of drug-likeness (QED) is 0.635. The minimum absolute atomic E-state index is 0.536. The predicted molar refractivity (Wildman–Crippen MR) is 53.3 cm³/mol. The first-order valence-corrected chi connectivity index (χ1v) is 4.88. The van der Waals surface area contributed by atoms with Crippen LogP contribution in [0.1, 0.15) is 20.3 Å². The van der Waals surface area contributed by atoms with Gasteiger partial charge in [0, 0.05) is 25.2 Å². The summed E-state index contributed by atoms with van der Waals surface area (Å²) in [7, 11) is 0. The first-order chi connectivity index (χ1) is 5.77. The molecule has 0 aromatic carbocycles. The summed E-state index contributed by atoms with van der Waals surface area (Å²) in [4.78, 5) is 2.47. The van der Waals surface area contributed by atoms with E-state index < -0.39 is 0 Å². The topological polar surface area (TPSA) is 15.3 Å². The van der Waals surface area contributed by atoms with Gasteiger partial charge in [-0.15, -0.1) is 6.58 Å². The van der Waals surface area contributed by atoms with E-state index >= 15 is 0 Å². The first-order valence-electron chi connectivity index (χ1n) is 4.88. The molecule has 0 amide bonds. The lowest BCUT2D eigenvalue weighted by atomic mass is 10.2. The minimum atomic E-state index is 0.536. The lowest BCUT2D eigenvalue weighted by molar-refractivity contribution is 0.292. The van der Waals surface area contributed by atoms with Crippen molar-refractivity contribution in [3.8, 4) is 0 Å². The van der Waals surface area contributed by atoms with Crippen LogP contribution in [-0.2, 0) is 0 Å². The molecule has 1 aliphatic heterocycles. The second-order valence-corrected chi connectivity index (χ2v) is 3.51. The van der Waals surface area contributed by atoms with Gasteiger partial charge < -0.3 is 5.32 Å². The lowest BCUT2D eigenvalue weighted by Crippen LogP contribution is -2.35. The van der Waals surface area contributed by atoms with Crippen LogP contribution in [0.4, 0.5) is 0 Å². The van der Waals surface area contributed by atoms with Crippen LogP contribution in [0, 0.1) is 0 Å². The molecule has 1 rings (SSSR count). The van der Waals surface area contributed by atoms with E-state index in [1.165, 1.54) is 19.5 Å². The lowest BCUT2D eigenvalue weighted by Gasteiger charge is -2.20. The van der Waals surface area contributed by atoms with Gasteiger partial charge in [0.25, 0.3) is 0 Å². The van der Waals surface area contributed by atoms with Gasteiger partial charge in [-0.25, -0.2) is 0 Å². The van der Waals surface area contributed by atoms with Crippen LogP contribution in [-0.4, -0.2) is 36.6 Å². The Labute approximate surface area is 75.6 Å². The standard InChI is InChI=1S/C10H20N2/c1-4-9(3)12-7-6-10(8-12)11-5-2/h4,9-11H,1,5-8H2,2-3H3. The Morgan fingerprint density at radius 1 is 1.75 bits per heavy atom. The molecule has 1 saturated heterocycles. The fraction of sp³-hybridized carbons (Fsp3) is 0.800. The Balaban J connectivity index is 2.29. The summed E-state index contributed by atoms with van der Waals surface area (Å²) in [6.45, 7) is 11.7. The van der Waals surface area contributed by atoms with Crippen molar-refractivity contribution in [2.75, 3.05) is 19.6 Å². The smallest absolute Gasteiger partial charge is 0.0247 e. The van der Waals surface area contributed by atoms with Gasteiger partial charge >= 0.3 is 0 Å². The third-order valence-electron chi connectivity index (χ3n) is 2.63. The van der Waals surface area contributed by atoms with Crippen molar-refractivity contribution in [3.05, 3.63) is 12.7 Å². The highest BCUT2D eigenvalue weighted by Crippen LogP contribution is 2.12. The molecule has 0 spiro atoms. The molecule has 0 bridgehead atoms. The highest BCUT2D eigenvalue weighted by Gasteiger charge is 2.23. The Morgan fingerprint density at radius 3 is 3.08 bits per heavy atom. The van der Waals surface area contributed by atoms with Gasteiger partial charge in [-0.3, -0.25) is 4.90 Å². The van der Waals surface area contributed by atoms with Crippen molar-refractivity contribution in [3.63, 3.8) is 0 Å². The zero-order chi connectivity index (χ0) is 8.97. The Bertz CT molecular complexity index is 145. The van der Waals surface area contributed by atoms with Crippen LogP contribution in [0.15, 0.2) is 12.7 Å². The molecular formula is C10H20N2. The van der Waals surface area contributed by atoms with Gasteiger partial charge in [-0.1, -0.05) is 13.0 Å². The van der Waals surface area contributed by atoms with Gasteiger partial charge in [0.05, 0.1) is 0 Å². The normalized spacial score (nSPS) is 27.3. The zero-order valence-electron chi connectivity index (χ0n) is 8.21. The number of likely N-dealkylation sites (tertiary alicyclic amines) is 1. The van der Waals surface area contributed by atoms with E-state index in [0.717, 1.165) is 6.54 Å². The summed E-state index contributed by atoms with van der Waals surface area (Å²) in [5.41, 5.74) is 0. The summed E-state index contributed by atoms with van der Waals surface area (Å²) in [5.74, 6) is 0. The van der Waals surface area contributed by atoms with E-state index in [9.17, 15) is 0 Å². The molecule has 2 atom stereocenters. The molecule has 0 radical (unpaired) electrons. The second kappa shape index (κ2) is 4.63. The molecule has 1 heterocycles. The molecule has 70 valence electrons. The van der Waals surface area contributed by atoms with Crippen molar-refractivity contribution < 1.29 is 0 Å². The molecule has 0 aromatic rings. The number of rotatable bonds is 4. The highest BCUT2D eigenvalue weighted by molar-refractivity contribution is 4.90. The van der Waals surface area contributed by atoms with Crippen LogP contribution in [0.25, 0.3) is 0 Å². The molecule has 0 aromatic heterocycles. The summed E-state index contributed by atoms with van der Waals surface area (Å²) in [5, 5.41) is 3.48. The minimum Gasteiger partial charge on any atom is -0.313 e. The van der Waals surface area contributed by atoms with Crippen LogP contribution < -0.4 is 5.32 Å². The highest BCUT2D eigenvalue weighted by atomic mass is 15.2. The molecular weight excluding hydrogens is 148 g/mol. The Kier molecular flexibility index (Phi) is 3.76. The molecule has 0 saturated carbocycles. The Hall–Kier alpha value is -0.340. The van der Waals surface area contributed by atoms with E-state index in [-0.39, 0.29) is 0 Å². The van der Waals surface area contributed by atoms with Gasteiger partial charge in [-0.05, 0) is 19.9 Å². The first kappa shape index (κ1) is 9.75. The van der Waals surface area contributed by atoms with Gasteiger partial charge in [0.1, 0.15) is 0 Å². The summed E-state index contributed by atoms with van der Waals surface area (Å²) >= 11 is 0. The maximum absolute atomic E-state index is 3.81. The van der Waals surface area contributed by atoms with Crippen molar-refractivity contribution >= 4 is 0 Å². The zero-order valence-corrected chi connectivity index (χ0v) is 8.21. The third-order valence-corrected chi connectivity index (χ3v) is 2.63. The summed E-state index contributed by atoms with van der Waals surface area (Å²) in [6.07, 6.45) is 3.31. The number of hydrogen-bond acceptors (Lipinski definition) is 2. The van der Waals surface area contributed by atoms with Crippen LogP contribution in [0.2, 0.25) is 0 Å². The number of hydrogen-bond donors (Lipinski definition) is 1. The largest absolute Gasteiger partial charge is 0.313 e. The fourth-order valence-electron chi connectivity index (χ4n) is 1.76. The summed E-state index contributed by atoms with van der Waals surface area (Å²) < 4.78 is 0. The van der Waals surface area contributed by atoms with E-state index in [4.69, 9.17) is 0 Å². The Morgan fingerprint density at radius 2 is 2.50 bits per heavy atom. The maximum Gasteiger partial charge on any atom is 0.0247 e. The molecule has 2 heteroatoms. The molecule has 0 aliphatic carbocycles. The van der Waals surface area contributed by atoms with Gasteiger partial charge in [0.15, 0.2) is 0 Å². The van der Waals surface area contributed by atoms with Gasteiger partial charge in [0.2, 0.25) is 0 Å². The molecule has 12 heavy (non-hydrogen) atoms. The van der Waals surface area contributed by atoms with Crippen molar-refractivity contribution in [1.82, 2.24) is 10.2 Å².